The van der Waals surface area contributed by atoms with Crippen LogP contribution in [0.1, 0.15) is 6.42 Å². The van der Waals surface area contributed by atoms with E-state index in [2.05, 4.69) is 10.3 Å². The molecule has 3 amide bonds. The third-order valence-corrected chi connectivity index (χ3v) is 2.84. The zero-order valence-corrected chi connectivity index (χ0v) is 9.46. The first kappa shape index (κ1) is 10.6. The molecule has 3 heterocycles. The SMILES string of the molecule is Nc1ccc2ncc(N3CCC(=O)NC3=O)n2c1. The number of carbonyl (C=O) groups excluding carboxylic acids is 2. The molecule has 1 aliphatic rings. The van der Waals surface area contributed by atoms with E-state index in [9.17, 15) is 9.59 Å². The van der Waals surface area contributed by atoms with Gasteiger partial charge in [-0.25, -0.2) is 9.78 Å². The maximum Gasteiger partial charge on any atom is 0.329 e. The van der Waals surface area contributed by atoms with E-state index in [0.717, 1.165) is 0 Å². The van der Waals surface area contributed by atoms with Crippen molar-refractivity contribution < 1.29 is 9.59 Å². The second-order valence-electron chi connectivity index (χ2n) is 4.06. The van der Waals surface area contributed by atoms with E-state index in [1.165, 1.54) is 4.90 Å². The molecular weight excluding hydrogens is 234 g/mol. The van der Waals surface area contributed by atoms with Crippen molar-refractivity contribution >= 4 is 29.1 Å². The number of urea groups is 1. The number of fused-ring (bicyclic) bond motifs is 1. The highest BCUT2D eigenvalue weighted by molar-refractivity contribution is 6.05. The number of nitrogen functional groups attached to an aromatic ring is 1. The lowest BCUT2D eigenvalue weighted by Crippen LogP contribution is -2.50. The lowest BCUT2D eigenvalue weighted by molar-refractivity contribution is -0.120. The molecule has 2 aromatic rings. The lowest BCUT2D eigenvalue weighted by Gasteiger charge is -2.25. The Bertz CT molecular complexity index is 648. The minimum Gasteiger partial charge on any atom is -0.398 e. The van der Waals surface area contributed by atoms with Crippen molar-refractivity contribution in [2.75, 3.05) is 17.2 Å². The van der Waals surface area contributed by atoms with Crippen LogP contribution in [0.15, 0.2) is 24.5 Å². The van der Waals surface area contributed by atoms with Gasteiger partial charge in [-0.1, -0.05) is 0 Å². The maximum absolute atomic E-state index is 11.8. The molecule has 0 atom stereocenters. The number of amides is 3. The molecule has 0 aliphatic carbocycles. The van der Waals surface area contributed by atoms with E-state index in [-0.39, 0.29) is 12.3 Å². The normalized spacial score (nSPS) is 16.1. The standard InChI is InChI=1S/C11H11N5O2/c12-7-1-2-8-13-5-10(16(8)6-7)15-4-3-9(17)14-11(15)18/h1-2,5-6H,3-4,12H2,(H,14,17,18). The second kappa shape index (κ2) is 3.73. The summed E-state index contributed by atoms with van der Waals surface area (Å²) in [7, 11) is 0. The molecule has 92 valence electrons. The summed E-state index contributed by atoms with van der Waals surface area (Å²) in [5, 5.41) is 2.27. The van der Waals surface area contributed by atoms with Crippen LogP contribution in [-0.2, 0) is 4.79 Å². The highest BCUT2D eigenvalue weighted by Gasteiger charge is 2.26. The maximum atomic E-state index is 11.8. The van der Waals surface area contributed by atoms with Crippen LogP contribution in [0.2, 0.25) is 0 Å². The minimum atomic E-state index is -0.435. The minimum absolute atomic E-state index is 0.260. The van der Waals surface area contributed by atoms with Crippen molar-refractivity contribution in [3.8, 4) is 0 Å². The van der Waals surface area contributed by atoms with Crippen molar-refractivity contribution in [3.63, 3.8) is 0 Å². The van der Waals surface area contributed by atoms with Crippen LogP contribution in [0.25, 0.3) is 5.65 Å². The number of anilines is 2. The van der Waals surface area contributed by atoms with Gasteiger partial charge in [0.2, 0.25) is 5.91 Å². The van der Waals surface area contributed by atoms with Gasteiger partial charge in [-0.15, -0.1) is 0 Å². The van der Waals surface area contributed by atoms with Crippen molar-refractivity contribution in [1.82, 2.24) is 14.7 Å². The first-order valence-electron chi connectivity index (χ1n) is 5.49. The molecule has 1 saturated heterocycles. The highest BCUT2D eigenvalue weighted by Crippen LogP contribution is 2.20. The van der Waals surface area contributed by atoms with E-state index in [1.807, 2.05) is 0 Å². The number of aromatic nitrogens is 2. The van der Waals surface area contributed by atoms with Crippen LogP contribution in [0.4, 0.5) is 16.3 Å². The van der Waals surface area contributed by atoms with Crippen LogP contribution >= 0.6 is 0 Å². The smallest absolute Gasteiger partial charge is 0.329 e. The van der Waals surface area contributed by atoms with E-state index < -0.39 is 6.03 Å². The van der Waals surface area contributed by atoms with Gasteiger partial charge in [0.25, 0.3) is 0 Å². The van der Waals surface area contributed by atoms with Crippen molar-refractivity contribution in [2.45, 2.75) is 6.42 Å². The van der Waals surface area contributed by atoms with E-state index in [1.54, 1.807) is 28.9 Å². The molecule has 1 fully saturated rings. The zero-order valence-electron chi connectivity index (χ0n) is 9.46. The average molecular weight is 245 g/mol. The molecule has 0 aromatic carbocycles. The Morgan fingerprint density at radius 1 is 1.33 bits per heavy atom. The molecule has 18 heavy (non-hydrogen) atoms. The topological polar surface area (TPSA) is 92.7 Å². The number of pyridine rings is 1. The van der Waals surface area contributed by atoms with Crippen LogP contribution in [0, 0.1) is 0 Å². The number of nitrogens with two attached hydrogens (primary N) is 1. The predicted octanol–water partition coefficient (Wildman–Crippen LogP) is 0.363. The molecule has 3 N–H and O–H groups in total. The average Bonchev–Trinajstić information content (AvgIpc) is 2.72. The van der Waals surface area contributed by atoms with Gasteiger partial charge in [-0.05, 0) is 12.1 Å². The number of hydrogen-bond acceptors (Lipinski definition) is 4. The highest BCUT2D eigenvalue weighted by atomic mass is 16.2. The fraction of sp³-hybridized carbons (Fsp3) is 0.182. The first-order valence-corrected chi connectivity index (χ1v) is 5.49. The summed E-state index contributed by atoms with van der Waals surface area (Å²) < 4.78 is 1.73. The van der Waals surface area contributed by atoms with E-state index in [0.29, 0.717) is 23.7 Å². The number of hydrogen-bond donors (Lipinski definition) is 2. The third kappa shape index (κ3) is 1.56. The number of imidazole rings is 1. The first-order chi connectivity index (χ1) is 8.65. The van der Waals surface area contributed by atoms with E-state index in [4.69, 9.17) is 5.73 Å². The van der Waals surface area contributed by atoms with Gasteiger partial charge in [-0.2, -0.15) is 0 Å². The van der Waals surface area contributed by atoms with Crippen LogP contribution in [-0.4, -0.2) is 27.9 Å². The number of nitrogens with zero attached hydrogens (tertiary/aromatic N) is 3. The van der Waals surface area contributed by atoms with Crippen LogP contribution in [0.3, 0.4) is 0 Å². The Hall–Kier alpha value is -2.57. The molecule has 0 unspecified atom stereocenters. The summed E-state index contributed by atoms with van der Waals surface area (Å²) in [4.78, 5) is 28.5. The summed E-state index contributed by atoms with van der Waals surface area (Å²) in [5.41, 5.74) is 6.99. The molecule has 7 heteroatoms. The Morgan fingerprint density at radius 3 is 2.94 bits per heavy atom. The Kier molecular flexibility index (Phi) is 2.19. The summed E-state index contributed by atoms with van der Waals surface area (Å²) >= 11 is 0. The third-order valence-electron chi connectivity index (χ3n) is 2.84. The Labute approximate surface area is 102 Å². The number of rotatable bonds is 1. The molecular formula is C11H11N5O2. The molecule has 0 saturated carbocycles. The number of nitrogens with one attached hydrogen (secondary N) is 1. The monoisotopic (exact) mass is 245 g/mol. The fourth-order valence-corrected chi connectivity index (χ4v) is 1.97. The van der Waals surface area contributed by atoms with Gasteiger partial charge in [-0.3, -0.25) is 19.4 Å². The summed E-state index contributed by atoms with van der Waals surface area (Å²) in [6.07, 6.45) is 3.56. The lowest BCUT2D eigenvalue weighted by atomic mass is 10.3. The molecule has 2 aromatic heterocycles. The van der Waals surface area contributed by atoms with Gasteiger partial charge in [0.1, 0.15) is 11.5 Å². The Morgan fingerprint density at radius 2 is 2.17 bits per heavy atom. The zero-order chi connectivity index (χ0) is 12.7. The number of carbonyl (C=O) groups is 2. The van der Waals surface area contributed by atoms with E-state index >= 15 is 0 Å². The fourth-order valence-electron chi connectivity index (χ4n) is 1.97. The largest absolute Gasteiger partial charge is 0.398 e. The van der Waals surface area contributed by atoms with Gasteiger partial charge in [0, 0.05) is 24.8 Å². The molecule has 0 spiro atoms. The van der Waals surface area contributed by atoms with Crippen molar-refractivity contribution in [3.05, 3.63) is 24.5 Å². The quantitative estimate of drug-likeness (QED) is 0.758. The van der Waals surface area contributed by atoms with Crippen LogP contribution in [0.5, 0.6) is 0 Å². The number of imide groups is 1. The molecule has 0 radical (unpaired) electrons. The van der Waals surface area contributed by atoms with Crippen molar-refractivity contribution in [2.24, 2.45) is 0 Å². The summed E-state index contributed by atoms with van der Waals surface area (Å²) in [5.74, 6) is 0.340. The van der Waals surface area contributed by atoms with Crippen molar-refractivity contribution in [1.29, 1.82) is 0 Å². The molecule has 1 aliphatic heterocycles. The van der Waals surface area contributed by atoms with Crippen LogP contribution < -0.4 is 16.0 Å². The van der Waals surface area contributed by atoms with Gasteiger partial charge in [0.15, 0.2) is 0 Å². The Balaban J connectivity index is 2.06. The van der Waals surface area contributed by atoms with Gasteiger partial charge >= 0.3 is 6.03 Å². The molecule has 7 nitrogen and oxygen atoms in total. The summed E-state index contributed by atoms with van der Waals surface area (Å²) in [6, 6.07) is 3.08. The van der Waals surface area contributed by atoms with Gasteiger partial charge < -0.3 is 5.73 Å². The molecule has 3 rings (SSSR count). The van der Waals surface area contributed by atoms with Gasteiger partial charge in [0.05, 0.1) is 6.20 Å². The predicted molar refractivity (Wildman–Crippen MR) is 65.1 cm³/mol. The second-order valence-corrected chi connectivity index (χ2v) is 4.06. The summed E-state index contributed by atoms with van der Waals surface area (Å²) in [6.45, 7) is 0.341. The molecule has 0 bridgehead atoms.